The second kappa shape index (κ2) is 5.15. The van der Waals surface area contributed by atoms with Crippen molar-refractivity contribution in [2.45, 2.75) is 19.1 Å². The number of halogens is 1. The topological polar surface area (TPSA) is 37.4 Å². The van der Waals surface area contributed by atoms with Gasteiger partial charge >= 0.3 is 0 Å². The van der Waals surface area contributed by atoms with E-state index in [-0.39, 0.29) is 11.4 Å². The van der Waals surface area contributed by atoms with E-state index in [1.807, 2.05) is 25.1 Å². The lowest BCUT2D eigenvalue weighted by Gasteiger charge is -2.20. The van der Waals surface area contributed by atoms with Crippen LogP contribution in [0.5, 0.6) is 0 Å². The quantitative estimate of drug-likeness (QED) is 0.874. The molecule has 3 rings (SSSR count). The van der Waals surface area contributed by atoms with Crippen molar-refractivity contribution in [1.82, 2.24) is 0 Å². The molecule has 0 bridgehead atoms. The number of fused-ring (bicyclic) bond motifs is 1. The summed E-state index contributed by atoms with van der Waals surface area (Å²) in [5.41, 5.74) is 2.64. The van der Waals surface area contributed by atoms with Gasteiger partial charge in [-0.2, -0.15) is 0 Å². The van der Waals surface area contributed by atoms with Crippen LogP contribution in [0.2, 0.25) is 0 Å². The molecule has 2 aromatic rings. The average Bonchev–Trinajstić information content (AvgIpc) is 2.87. The molecule has 5 heteroatoms. The number of aryl methyl sites for hydroxylation is 1. The average molecular weight is 305 g/mol. The van der Waals surface area contributed by atoms with Crippen LogP contribution in [-0.2, 0) is 22.2 Å². The summed E-state index contributed by atoms with van der Waals surface area (Å²) in [7, 11) is -3.58. The van der Waals surface area contributed by atoms with Crippen molar-refractivity contribution >= 4 is 15.7 Å². The molecule has 0 unspecified atom stereocenters. The summed E-state index contributed by atoms with van der Waals surface area (Å²) in [5, 5.41) is 0. The minimum absolute atomic E-state index is 0.104. The number of rotatable bonds is 3. The molecule has 0 amide bonds. The largest absolute Gasteiger partial charge is 0.266 e. The molecule has 110 valence electrons. The van der Waals surface area contributed by atoms with Crippen molar-refractivity contribution in [1.29, 1.82) is 0 Å². The van der Waals surface area contributed by atoms with E-state index in [2.05, 4.69) is 0 Å². The summed E-state index contributed by atoms with van der Waals surface area (Å²) in [4.78, 5) is 0. The smallest absolute Gasteiger partial charge is 0.239 e. The van der Waals surface area contributed by atoms with Crippen LogP contribution in [0.4, 0.5) is 10.1 Å². The Balaban J connectivity index is 1.97. The maximum absolute atomic E-state index is 14.0. The maximum atomic E-state index is 14.0. The third-order valence-corrected chi connectivity index (χ3v) is 5.55. The molecule has 1 aliphatic heterocycles. The Bertz CT molecular complexity index is 787. The van der Waals surface area contributed by atoms with E-state index >= 15 is 0 Å². The van der Waals surface area contributed by atoms with Crippen LogP contribution in [-0.4, -0.2) is 15.0 Å². The molecule has 0 saturated carbocycles. The standard InChI is InChI=1S/C16H16FNO2S/c1-12-5-2-3-6-14(12)11-21(19,20)18-10-9-13-7-4-8-15(17)16(13)18/h2-8H,9-11H2,1H3. The lowest BCUT2D eigenvalue weighted by atomic mass is 10.1. The van der Waals surface area contributed by atoms with Gasteiger partial charge in [0.25, 0.3) is 0 Å². The van der Waals surface area contributed by atoms with Gasteiger partial charge in [0.15, 0.2) is 0 Å². The fraction of sp³-hybridized carbons (Fsp3) is 0.250. The maximum Gasteiger partial charge on any atom is 0.239 e. The van der Waals surface area contributed by atoms with Crippen LogP contribution in [0.1, 0.15) is 16.7 Å². The molecule has 2 aromatic carbocycles. The highest BCUT2D eigenvalue weighted by molar-refractivity contribution is 7.92. The van der Waals surface area contributed by atoms with Gasteiger partial charge in [0.1, 0.15) is 5.82 Å². The molecule has 0 radical (unpaired) electrons. The molecule has 0 spiro atoms. The van der Waals surface area contributed by atoms with E-state index in [0.717, 1.165) is 16.7 Å². The SMILES string of the molecule is Cc1ccccc1CS(=O)(=O)N1CCc2cccc(F)c21. The van der Waals surface area contributed by atoms with Crippen molar-refractivity contribution in [2.75, 3.05) is 10.8 Å². The highest BCUT2D eigenvalue weighted by Crippen LogP contribution is 2.33. The molecule has 1 aliphatic rings. The van der Waals surface area contributed by atoms with Crippen molar-refractivity contribution in [3.63, 3.8) is 0 Å². The van der Waals surface area contributed by atoms with Gasteiger partial charge in [-0.3, -0.25) is 4.31 Å². The number of benzene rings is 2. The van der Waals surface area contributed by atoms with Crippen LogP contribution < -0.4 is 4.31 Å². The van der Waals surface area contributed by atoms with Crippen molar-refractivity contribution in [3.8, 4) is 0 Å². The minimum Gasteiger partial charge on any atom is -0.266 e. The van der Waals surface area contributed by atoms with E-state index in [0.29, 0.717) is 13.0 Å². The van der Waals surface area contributed by atoms with Gasteiger partial charge in [0, 0.05) is 6.54 Å². The number of hydrogen-bond acceptors (Lipinski definition) is 2. The van der Waals surface area contributed by atoms with Crippen LogP contribution in [0.3, 0.4) is 0 Å². The summed E-state index contributed by atoms with van der Waals surface area (Å²) >= 11 is 0. The van der Waals surface area contributed by atoms with Gasteiger partial charge in [-0.05, 0) is 36.1 Å². The minimum atomic E-state index is -3.58. The first-order valence-corrected chi connectivity index (χ1v) is 8.42. The molecular weight excluding hydrogens is 289 g/mol. The number of para-hydroxylation sites is 1. The second-order valence-electron chi connectivity index (χ2n) is 5.25. The zero-order chi connectivity index (χ0) is 15.0. The Morgan fingerprint density at radius 3 is 2.67 bits per heavy atom. The molecular formula is C16H16FNO2S. The third kappa shape index (κ3) is 2.53. The molecule has 0 N–H and O–H groups in total. The number of nitrogens with zero attached hydrogens (tertiary/aromatic N) is 1. The first-order chi connectivity index (χ1) is 9.99. The zero-order valence-electron chi connectivity index (χ0n) is 11.7. The van der Waals surface area contributed by atoms with Crippen LogP contribution in [0.25, 0.3) is 0 Å². The van der Waals surface area contributed by atoms with Gasteiger partial charge in [0.05, 0.1) is 11.4 Å². The van der Waals surface area contributed by atoms with Gasteiger partial charge in [-0.15, -0.1) is 0 Å². The van der Waals surface area contributed by atoms with E-state index in [4.69, 9.17) is 0 Å². The number of anilines is 1. The summed E-state index contributed by atoms with van der Waals surface area (Å²) < 4.78 is 40.5. The Labute approximate surface area is 124 Å². The lowest BCUT2D eigenvalue weighted by Crippen LogP contribution is -2.31. The second-order valence-corrected chi connectivity index (χ2v) is 7.15. The molecule has 0 fully saturated rings. The Morgan fingerprint density at radius 2 is 1.90 bits per heavy atom. The van der Waals surface area contributed by atoms with Gasteiger partial charge in [-0.25, -0.2) is 12.8 Å². The fourth-order valence-electron chi connectivity index (χ4n) is 2.70. The van der Waals surface area contributed by atoms with Crippen LogP contribution >= 0.6 is 0 Å². The van der Waals surface area contributed by atoms with E-state index in [9.17, 15) is 12.8 Å². The molecule has 21 heavy (non-hydrogen) atoms. The highest BCUT2D eigenvalue weighted by Gasteiger charge is 2.32. The Hall–Kier alpha value is -1.88. The molecule has 3 nitrogen and oxygen atoms in total. The van der Waals surface area contributed by atoms with Crippen LogP contribution in [0, 0.1) is 12.7 Å². The molecule has 1 heterocycles. The normalized spacial score (nSPS) is 14.3. The first kappa shape index (κ1) is 14.1. The molecule has 0 aliphatic carbocycles. The molecule has 0 aromatic heterocycles. The van der Waals surface area contributed by atoms with Crippen molar-refractivity contribution < 1.29 is 12.8 Å². The summed E-state index contributed by atoms with van der Waals surface area (Å²) in [5.74, 6) is -0.577. The summed E-state index contributed by atoms with van der Waals surface area (Å²) in [6.07, 6.45) is 0.556. The monoisotopic (exact) mass is 305 g/mol. The number of hydrogen-bond donors (Lipinski definition) is 0. The first-order valence-electron chi connectivity index (χ1n) is 6.81. The molecule has 0 atom stereocenters. The fourth-order valence-corrected chi connectivity index (χ4v) is 4.42. The van der Waals surface area contributed by atoms with E-state index in [1.54, 1.807) is 18.2 Å². The Morgan fingerprint density at radius 1 is 1.14 bits per heavy atom. The van der Waals surface area contributed by atoms with Crippen LogP contribution in [0.15, 0.2) is 42.5 Å². The third-order valence-electron chi connectivity index (χ3n) is 3.84. The van der Waals surface area contributed by atoms with E-state index < -0.39 is 15.8 Å². The summed E-state index contributed by atoms with van der Waals surface area (Å²) in [6.45, 7) is 2.19. The highest BCUT2D eigenvalue weighted by atomic mass is 32.2. The summed E-state index contributed by atoms with van der Waals surface area (Å²) in [6, 6.07) is 12.1. The molecule has 0 saturated heterocycles. The predicted octanol–water partition coefficient (Wildman–Crippen LogP) is 3.03. The van der Waals surface area contributed by atoms with Gasteiger partial charge < -0.3 is 0 Å². The van der Waals surface area contributed by atoms with Gasteiger partial charge in [-0.1, -0.05) is 36.4 Å². The van der Waals surface area contributed by atoms with E-state index in [1.165, 1.54) is 10.4 Å². The van der Waals surface area contributed by atoms with Gasteiger partial charge in [0.2, 0.25) is 10.0 Å². The zero-order valence-corrected chi connectivity index (χ0v) is 12.5. The Kier molecular flexibility index (Phi) is 3.45. The predicted molar refractivity (Wildman–Crippen MR) is 81.3 cm³/mol. The lowest BCUT2D eigenvalue weighted by molar-refractivity contribution is 0.587. The van der Waals surface area contributed by atoms with Crippen molar-refractivity contribution in [3.05, 3.63) is 65.0 Å². The number of sulfonamides is 1. The van der Waals surface area contributed by atoms with Crippen molar-refractivity contribution in [2.24, 2.45) is 0 Å².